The molecule has 0 aliphatic carbocycles. The van der Waals surface area contributed by atoms with Crippen molar-refractivity contribution in [1.82, 2.24) is 16.0 Å². The molecule has 0 aromatic heterocycles. The number of aryl methyl sites for hydroxylation is 1. The van der Waals surface area contributed by atoms with E-state index in [1.165, 1.54) is 6.07 Å². The standard InChI is InChI=1S/C21H27FN4O/c1-3-23-21(26-15-18-10-9-16(2)19(22)13-18)24-12-11-20(27)25-14-17-7-5-4-6-8-17/h4-10,13H,3,11-12,14-15H2,1-2H3,(H,25,27)(H2,23,24,26). The molecule has 0 fully saturated rings. The van der Waals surface area contributed by atoms with E-state index in [4.69, 9.17) is 0 Å². The van der Waals surface area contributed by atoms with Gasteiger partial charge in [-0.1, -0.05) is 42.5 Å². The van der Waals surface area contributed by atoms with Crippen LogP contribution in [0.4, 0.5) is 4.39 Å². The molecule has 6 heteroatoms. The minimum Gasteiger partial charge on any atom is -0.357 e. The molecule has 0 heterocycles. The Morgan fingerprint density at radius 3 is 2.52 bits per heavy atom. The van der Waals surface area contributed by atoms with Crippen LogP contribution in [0.1, 0.15) is 30.0 Å². The Morgan fingerprint density at radius 2 is 1.81 bits per heavy atom. The second kappa shape index (κ2) is 11.0. The number of benzene rings is 2. The molecule has 0 atom stereocenters. The molecule has 0 bridgehead atoms. The highest BCUT2D eigenvalue weighted by Crippen LogP contribution is 2.09. The van der Waals surface area contributed by atoms with Gasteiger partial charge in [-0.05, 0) is 36.6 Å². The molecule has 2 aromatic rings. The van der Waals surface area contributed by atoms with Gasteiger partial charge in [0.1, 0.15) is 5.82 Å². The number of guanidine groups is 1. The summed E-state index contributed by atoms with van der Waals surface area (Å²) >= 11 is 0. The number of aliphatic imine (C=N–C) groups is 1. The molecule has 0 radical (unpaired) electrons. The largest absolute Gasteiger partial charge is 0.357 e. The van der Waals surface area contributed by atoms with Gasteiger partial charge in [0.15, 0.2) is 5.96 Å². The minimum absolute atomic E-state index is 0.0252. The lowest BCUT2D eigenvalue weighted by molar-refractivity contribution is -0.121. The molecule has 0 saturated heterocycles. The second-order valence-corrected chi connectivity index (χ2v) is 6.22. The molecule has 0 aliphatic rings. The smallest absolute Gasteiger partial charge is 0.222 e. The number of rotatable bonds is 8. The summed E-state index contributed by atoms with van der Waals surface area (Å²) in [4.78, 5) is 16.4. The zero-order chi connectivity index (χ0) is 19.5. The Morgan fingerprint density at radius 1 is 1.04 bits per heavy atom. The fourth-order valence-corrected chi connectivity index (χ4v) is 2.43. The van der Waals surface area contributed by atoms with Crippen LogP contribution in [-0.2, 0) is 17.9 Å². The molecular weight excluding hydrogens is 343 g/mol. The van der Waals surface area contributed by atoms with E-state index in [0.717, 1.165) is 11.1 Å². The summed E-state index contributed by atoms with van der Waals surface area (Å²) in [5.41, 5.74) is 2.49. The lowest BCUT2D eigenvalue weighted by Gasteiger charge is -2.11. The normalized spacial score (nSPS) is 11.1. The molecule has 3 N–H and O–H groups in total. The average molecular weight is 370 g/mol. The van der Waals surface area contributed by atoms with Crippen molar-refractivity contribution in [3.63, 3.8) is 0 Å². The Balaban J connectivity index is 1.77. The summed E-state index contributed by atoms with van der Waals surface area (Å²) in [6, 6.07) is 14.9. The number of nitrogens with zero attached hydrogens (tertiary/aromatic N) is 1. The SMILES string of the molecule is CCNC(=NCc1ccc(C)c(F)c1)NCCC(=O)NCc1ccccc1. The summed E-state index contributed by atoms with van der Waals surface area (Å²) in [6.45, 7) is 5.76. The summed E-state index contributed by atoms with van der Waals surface area (Å²) in [6.07, 6.45) is 0.344. The van der Waals surface area contributed by atoms with Gasteiger partial charge in [0.25, 0.3) is 0 Å². The molecule has 0 saturated carbocycles. The number of carbonyl (C=O) groups excluding carboxylic acids is 1. The summed E-state index contributed by atoms with van der Waals surface area (Å²) < 4.78 is 13.6. The third kappa shape index (κ3) is 7.48. The first-order chi connectivity index (χ1) is 13.1. The average Bonchev–Trinajstić information content (AvgIpc) is 2.68. The van der Waals surface area contributed by atoms with E-state index >= 15 is 0 Å². The highest BCUT2D eigenvalue weighted by Gasteiger charge is 2.04. The van der Waals surface area contributed by atoms with Crippen molar-refractivity contribution in [3.05, 3.63) is 71.0 Å². The van der Waals surface area contributed by atoms with Crippen molar-refractivity contribution in [1.29, 1.82) is 0 Å². The maximum absolute atomic E-state index is 13.6. The quantitative estimate of drug-likeness (QED) is 0.494. The summed E-state index contributed by atoms with van der Waals surface area (Å²) in [7, 11) is 0. The van der Waals surface area contributed by atoms with Gasteiger partial charge in [0, 0.05) is 26.1 Å². The highest BCUT2D eigenvalue weighted by atomic mass is 19.1. The van der Waals surface area contributed by atoms with Crippen LogP contribution in [0.5, 0.6) is 0 Å². The third-order valence-electron chi connectivity index (χ3n) is 3.98. The lowest BCUT2D eigenvalue weighted by atomic mass is 10.1. The van der Waals surface area contributed by atoms with Crippen molar-refractivity contribution in [2.75, 3.05) is 13.1 Å². The minimum atomic E-state index is -0.226. The number of hydrogen-bond donors (Lipinski definition) is 3. The van der Waals surface area contributed by atoms with Crippen LogP contribution in [0.15, 0.2) is 53.5 Å². The number of hydrogen-bond acceptors (Lipinski definition) is 2. The van der Waals surface area contributed by atoms with Gasteiger partial charge >= 0.3 is 0 Å². The van der Waals surface area contributed by atoms with Crippen molar-refractivity contribution >= 4 is 11.9 Å². The van der Waals surface area contributed by atoms with Gasteiger partial charge in [-0.3, -0.25) is 4.79 Å². The topological polar surface area (TPSA) is 65.5 Å². The van der Waals surface area contributed by atoms with Crippen molar-refractivity contribution < 1.29 is 9.18 Å². The van der Waals surface area contributed by atoms with Gasteiger partial charge in [0.05, 0.1) is 6.54 Å². The molecule has 0 aliphatic heterocycles. The van der Waals surface area contributed by atoms with Gasteiger partial charge in [-0.25, -0.2) is 9.38 Å². The Hall–Kier alpha value is -2.89. The fraction of sp³-hybridized carbons (Fsp3) is 0.333. The van der Waals surface area contributed by atoms with E-state index in [9.17, 15) is 9.18 Å². The number of carbonyl (C=O) groups is 1. The predicted molar refractivity (Wildman–Crippen MR) is 107 cm³/mol. The molecule has 1 amide bonds. The highest BCUT2D eigenvalue weighted by molar-refractivity contribution is 5.81. The molecular formula is C21H27FN4O. The van der Waals surface area contributed by atoms with Crippen LogP contribution in [0, 0.1) is 12.7 Å². The van der Waals surface area contributed by atoms with Crippen LogP contribution in [0.25, 0.3) is 0 Å². The van der Waals surface area contributed by atoms with Crippen molar-refractivity contribution in [2.24, 2.45) is 4.99 Å². The van der Waals surface area contributed by atoms with Crippen LogP contribution in [-0.4, -0.2) is 25.0 Å². The maximum atomic E-state index is 13.6. The number of nitrogens with one attached hydrogen (secondary N) is 3. The first kappa shape index (κ1) is 20.4. The monoisotopic (exact) mass is 370 g/mol. The van der Waals surface area contributed by atoms with Gasteiger partial charge in [-0.15, -0.1) is 0 Å². The van der Waals surface area contributed by atoms with E-state index in [2.05, 4.69) is 20.9 Å². The molecule has 0 spiro atoms. The first-order valence-electron chi connectivity index (χ1n) is 9.16. The predicted octanol–water partition coefficient (Wildman–Crippen LogP) is 2.90. The molecule has 2 rings (SSSR count). The maximum Gasteiger partial charge on any atom is 0.222 e. The summed E-state index contributed by atoms with van der Waals surface area (Å²) in [5, 5.41) is 9.15. The Labute approximate surface area is 160 Å². The van der Waals surface area contributed by atoms with Gasteiger partial charge < -0.3 is 16.0 Å². The summed E-state index contributed by atoms with van der Waals surface area (Å²) in [5.74, 6) is 0.355. The van der Waals surface area contributed by atoms with Gasteiger partial charge in [-0.2, -0.15) is 0 Å². The lowest BCUT2D eigenvalue weighted by Crippen LogP contribution is -2.39. The van der Waals surface area contributed by atoms with Crippen LogP contribution < -0.4 is 16.0 Å². The zero-order valence-corrected chi connectivity index (χ0v) is 15.9. The zero-order valence-electron chi connectivity index (χ0n) is 15.9. The van der Waals surface area contributed by atoms with E-state index in [0.29, 0.717) is 44.1 Å². The number of halogens is 1. The number of amides is 1. The van der Waals surface area contributed by atoms with Crippen LogP contribution >= 0.6 is 0 Å². The van der Waals surface area contributed by atoms with E-state index in [1.807, 2.05) is 43.3 Å². The van der Waals surface area contributed by atoms with Gasteiger partial charge in [0.2, 0.25) is 5.91 Å². The van der Waals surface area contributed by atoms with Crippen LogP contribution in [0.3, 0.4) is 0 Å². The van der Waals surface area contributed by atoms with Crippen molar-refractivity contribution in [3.8, 4) is 0 Å². The van der Waals surface area contributed by atoms with E-state index in [-0.39, 0.29) is 11.7 Å². The Kier molecular flexibility index (Phi) is 8.29. The van der Waals surface area contributed by atoms with E-state index < -0.39 is 0 Å². The first-order valence-corrected chi connectivity index (χ1v) is 9.16. The molecule has 27 heavy (non-hydrogen) atoms. The Bertz CT molecular complexity index is 762. The second-order valence-electron chi connectivity index (χ2n) is 6.22. The van der Waals surface area contributed by atoms with Crippen molar-refractivity contribution in [2.45, 2.75) is 33.4 Å². The van der Waals surface area contributed by atoms with E-state index in [1.54, 1.807) is 13.0 Å². The molecule has 2 aromatic carbocycles. The van der Waals surface area contributed by atoms with Crippen LogP contribution in [0.2, 0.25) is 0 Å². The molecule has 144 valence electrons. The third-order valence-corrected chi connectivity index (χ3v) is 3.98. The fourth-order valence-electron chi connectivity index (χ4n) is 2.43. The molecule has 5 nitrogen and oxygen atoms in total. The molecule has 0 unspecified atom stereocenters.